The fourth-order valence-electron chi connectivity index (χ4n) is 1.21. The first kappa shape index (κ1) is 11.6. The maximum Gasteiger partial charge on any atom is 0.137 e. The average Bonchev–Trinajstić information content (AvgIpc) is 2.27. The zero-order valence-electron chi connectivity index (χ0n) is 8.58. The second kappa shape index (κ2) is 4.97. The van der Waals surface area contributed by atoms with E-state index < -0.39 is 0 Å². The first-order valence-corrected chi connectivity index (χ1v) is 6.32. The molecule has 0 fully saturated rings. The summed E-state index contributed by atoms with van der Waals surface area (Å²) in [7, 11) is 0. The van der Waals surface area contributed by atoms with E-state index in [2.05, 4.69) is 20.9 Å². The minimum atomic E-state index is -0.213. The van der Waals surface area contributed by atoms with Crippen LogP contribution in [0.1, 0.15) is 5.56 Å². The van der Waals surface area contributed by atoms with E-state index in [-0.39, 0.29) is 5.82 Å². The number of rotatable bonds is 2. The predicted molar refractivity (Wildman–Crippen MR) is 67.2 cm³/mol. The second-order valence-electron chi connectivity index (χ2n) is 3.30. The molecule has 0 N–H and O–H groups in total. The highest BCUT2D eigenvalue weighted by Gasteiger charge is 2.05. The van der Waals surface area contributed by atoms with E-state index in [1.165, 1.54) is 17.8 Å². The van der Waals surface area contributed by atoms with Gasteiger partial charge in [-0.1, -0.05) is 23.9 Å². The summed E-state index contributed by atoms with van der Waals surface area (Å²) in [5.41, 5.74) is 1.09. The number of hydrogen-bond donors (Lipinski definition) is 0. The summed E-state index contributed by atoms with van der Waals surface area (Å²) in [5.74, 6) is -0.213. The van der Waals surface area contributed by atoms with Gasteiger partial charge in [0.2, 0.25) is 0 Å². The number of pyridine rings is 1. The van der Waals surface area contributed by atoms with Gasteiger partial charge in [-0.25, -0.2) is 9.37 Å². The van der Waals surface area contributed by atoms with Crippen molar-refractivity contribution < 1.29 is 4.39 Å². The van der Waals surface area contributed by atoms with Gasteiger partial charge in [-0.3, -0.25) is 0 Å². The lowest BCUT2D eigenvalue weighted by Gasteiger charge is -2.04. The van der Waals surface area contributed by atoms with Crippen LogP contribution in [0.4, 0.5) is 4.39 Å². The largest absolute Gasteiger partial charge is 0.248 e. The van der Waals surface area contributed by atoms with Gasteiger partial charge in [0.25, 0.3) is 0 Å². The number of nitrogens with zero attached hydrogens (tertiary/aromatic N) is 1. The first-order chi connectivity index (χ1) is 7.66. The van der Waals surface area contributed by atoms with Crippen molar-refractivity contribution in [1.29, 1.82) is 0 Å². The van der Waals surface area contributed by atoms with Crippen molar-refractivity contribution in [3.63, 3.8) is 0 Å². The molecule has 0 aliphatic heterocycles. The molecule has 0 unspecified atom stereocenters. The Hall–Kier alpha value is -0.870. The van der Waals surface area contributed by atoms with Crippen LogP contribution in [0.5, 0.6) is 0 Å². The molecular weight excluding hydrogens is 289 g/mol. The fraction of sp³-hybridized carbons (Fsp3) is 0.0833. The number of halogens is 2. The van der Waals surface area contributed by atoms with Gasteiger partial charge >= 0.3 is 0 Å². The minimum absolute atomic E-state index is 0.213. The lowest BCUT2D eigenvalue weighted by Crippen LogP contribution is -1.85. The summed E-state index contributed by atoms with van der Waals surface area (Å²) in [4.78, 5) is 4.82. The van der Waals surface area contributed by atoms with Crippen molar-refractivity contribution in [2.45, 2.75) is 16.8 Å². The van der Waals surface area contributed by atoms with E-state index in [9.17, 15) is 4.39 Å². The fourth-order valence-corrected chi connectivity index (χ4v) is 2.30. The Balaban J connectivity index is 2.28. The van der Waals surface area contributed by atoms with Gasteiger partial charge in [0, 0.05) is 15.6 Å². The van der Waals surface area contributed by atoms with Crippen molar-refractivity contribution in [1.82, 2.24) is 4.98 Å². The topological polar surface area (TPSA) is 12.9 Å². The molecule has 0 aliphatic rings. The number of aromatic nitrogens is 1. The van der Waals surface area contributed by atoms with Crippen LogP contribution in [0.25, 0.3) is 0 Å². The molecule has 0 bridgehead atoms. The van der Waals surface area contributed by atoms with E-state index in [4.69, 9.17) is 0 Å². The first-order valence-electron chi connectivity index (χ1n) is 4.71. The Morgan fingerprint density at radius 2 is 2.06 bits per heavy atom. The van der Waals surface area contributed by atoms with Crippen LogP contribution in [0.15, 0.2) is 50.9 Å². The average molecular weight is 298 g/mol. The van der Waals surface area contributed by atoms with Crippen molar-refractivity contribution in [3.8, 4) is 0 Å². The van der Waals surface area contributed by atoms with Gasteiger partial charge in [-0.15, -0.1) is 0 Å². The Kier molecular flexibility index (Phi) is 3.61. The highest BCUT2D eigenvalue weighted by atomic mass is 79.9. The highest BCUT2D eigenvalue weighted by Crippen LogP contribution is 2.29. The second-order valence-corrected chi connectivity index (χ2v) is 5.22. The molecule has 82 valence electrons. The molecule has 0 radical (unpaired) electrons. The van der Waals surface area contributed by atoms with E-state index in [0.717, 1.165) is 15.1 Å². The van der Waals surface area contributed by atoms with Crippen LogP contribution in [0, 0.1) is 12.7 Å². The van der Waals surface area contributed by atoms with Gasteiger partial charge in [0.15, 0.2) is 0 Å². The molecule has 0 saturated carbocycles. The molecule has 0 saturated heterocycles. The molecule has 1 aromatic carbocycles. The molecule has 1 aromatic heterocycles. The summed E-state index contributed by atoms with van der Waals surface area (Å²) in [6.45, 7) is 1.98. The van der Waals surface area contributed by atoms with Crippen molar-refractivity contribution in [2.24, 2.45) is 0 Å². The summed E-state index contributed by atoms with van der Waals surface area (Å²) in [5, 5.41) is 0.797. The summed E-state index contributed by atoms with van der Waals surface area (Å²) >= 11 is 4.71. The lowest BCUT2D eigenvalue weighted by atomic mass is 10.3. The molecule has 2 aromatic rings. The predicted octanol–water partition coefficient (Wildman–Crippen LogP) is 4.44. The smallest absolute Gasteiger partial charge is 0.137 e. The van der Waals surface area contributed by atoms with E-state index in [1.54, 1.807) is 18.3 Å². The monoisotopic (exact) mass is 297 g/mol. The number of aryl methyl sites for hydroxylation is 1. The molecule has 0 atom stereocenters. The Labute approximate surface area is 106 Å². The molecule has 0 amide bonds. The van der Waals surface area contributed by atoms with E-state index in [1.807, 2.05) is 19.1 Å². The van der Waals surface area contributed by atoms with Crippen molar-refractivity contribution in [3.05, 3.63) is 52.4 Å². The maximum atomic E-state index is 13.4. The molecular formula is C12H9BrFNS. The van der Waals surface area contributed by atoms with Crippen LogP contribution in [0.3, 0.4) is 0 Å². The van der Waals surface area contributed by atoms with Gasteiger partial charge in [-0.2, -0.15) is 0 Å². The Morgan fingerprint density at radius 1 is 1.31 bits per heavy atom. The molecule has 2 rings (SSSR count). The number of hydrogen-bond acceptors (Lipinski definition) is 2. The molecule has 16 heavy (non-hydrogen) atoms. The zero-order chi connectivity index (χ0) is 11.5. The van der Waals surface area contributed by atoms with Gasteiger partial charge in [-0.05, 0) is 46.6 Å². The van der Waals surface area contributed by atoms with Crippen LogP contribution < -0.4 is 0 Å². The normalized spacial score (nSPS) is 10.4. The highest BCUT2D eigenvalue weighted by molar-refractivity contribution is 9.10. The van der Waals surface area contributed by atoms with Crippen LogP contribution >= 0.6 is 27.7 Å². The molecule has 0 spiro atoms. The van der Waals surface area contributed by atoms with Crippen LogP contribution in [-0.2, 0) is 0 Å². The molecule has 4 heteroatoms. The van der Waals surface area contributed by atoms with Crippen LogP contribution in [0.2, 0.25) is 0 Å². The Morgan fingerprint density at radius 3 is 2.75 bits per heavy atom. The minimum Gasteiger partial charge on any atom is -0.248 e. The quantitative estimate of drug-likeness (QED) is 0.813. The third-order valence-corrected chi connectivity index (χ3v) is 3.89. The van der Waals surface area contributed by atoms with Crippen LogP contribution in [-0.4, -0.2) is 4.98 Å². The summed E-state index contributed by atoms with van der Waals surface area (Å²) in [6.07, 6.45) is 1.73. The molecule has 0 aliphatic carbocycles. The van der Waals surface area contributed by atoms with E-state index >= 15 is 0 Å². The van der Waals surface area contributed by atoms with Gasteiger partial charge in [0.1, 0.15) is 10.8 Å². The lowest BCUT2D eigenvalue weighted by molar-refractivity contribution is 0.602. The van der Waals surface area contributed by atoms with Crippen molar-refractivity contribution in [2.75, 3.05) is 0 Å². The summed E-state index contributed by atoms with van der Waals surface area (Å²) < 4.78 is 14.4. The zero-order valence-corrected chi connectivity index (χ0v) is 11.0. The standard InChI is InChI=1S/C12H9BrFNS/c1-8-6-12(15-7-9(8)13)16-11-5-3-2-4-10(11)14/h2-7H,1H3. The Bertz CT molecular complexity index is 516. The third-order valence-electron chi connectivity index (χ3n) is 2.07. The molecule has 1 heterocycles. The SMILES string of the molecule is Cc1cc(Sc2ccccc2F)ncc1Br. The summed E-state index contributed by atoms with van der Waals surface area (Å²) in [6, 6.07) is 8.63. The molecule has 1 nitrogen and oxygen atoms in total. The maximum absolute atomic E-state index is 13.4. The van der Waals surface area contributed by atoms with Gasteiger partial charge < -0.3 is 0 Å². The third kappa shape index (κ3) is 2.62. The number of benzene rings is 1. The van der Waals surface area contributed by atoms with Crippen molar-refractivity contribution >= 4 is 27.7 Å². The van der Waals surface area contributed by atoms with E-state index in [0.29, 0.717) is 4.90 Å². The van der Waals surface area contributed by atoms with Gasteiger partial charge in [0.05, 0.1) is 0 Å².